The maximum absolute atomic E-state index is 13.1. The van der Waals surface area contributed by atoms with Gasteiger partial charge in [-0.1, -0.05) is 18.2 Å². The number of nitrogens with one attached hydrogen (secondary N) is 1. The third-order valence-electron chi connectivity index (χ3n) is 4.57. The van der Waals surface area contributed by atoms with Crippen LogP contribution in [0.4, 0.5) is 10.1 Å². The van der Waals surface area contributed by atoms with E-state index in [0.29, 0.717) is 11.3 Å². The summed E-state index contributed by atoms with van der Waals surface area (Å²) in [5.41, 5.74) is 5.81. The minimum absolute atomic E-state index is 0.277. The Morgan fingerprint density at radius 3 is 2.56 bits per heavy atom. The number of imidazole rings is 1. The molecule has 2 aromatic carbocycles. The van der Waals surface area contributed by atoms with E-state index in [1.54, 1.807) is 0 Å². The van der Waals surface area contributed by atoms with Crippen molar-refractivity contribution in [3.05, 3.63) is 89.5 Å². The van der Waals surface area contributed by atoms with Crippen molar-refractivity contribution in [2.24, 2.45) is 0 Å². The van der Waals surface area contributed by atoms with Crippen LogP contribution in [0, 0.1) is 19.7 Å². The molecule has 0 unspecified atom stereocenters. The first kappa shape index (κ1) is 17.0. The number of aromatic nitrogens is 2. The summed E-state index contributed by atoms with van der Waals surface area (Å²) in [5.74, 6) is -0.645. The zero-order chi connectivity index (χ0) is 19.0. The molecule has 0 aliphatic rings. The molecule has 1 amide bonds. The molecule has 4 aromatic rings. The first-order valence-corrected chi connectivity index (χ1v) is 8.63. The second kappa shape index (κ2) is 6.68. The van der Waals surface area contributed by atoms with Crippen molar-refractivity contribution in [3.63, 3.8) is 0 Å². The number of rotatable bonds is 3. The van der Waals surface area contributed by atoms with Crippen molar-refractivity contribution < 1.29 is 9.18 Å². The van der Waals surface area contributed by atoms with Crippen molar-refractivity contribution in [1.82, 2.24) is 9.38 Å². The molecule has 0 spiro atoms. The molecule has 0 saturated heterocycles. The average molecular weight is 359 g/mol. The van der Waals surface area contributed by atoms with Crippen molar-refractivity contribution >= 4 is 17.2 Å². The number of nitrogens with zero attached hydrogens (tertiary/aromatic N) is 2. The van der Waals surface area contributed by atoms with Crippen LogP contribution in [-0.4, -0.2) is 15.3 Å². The Balaban J connectivity index is 1.67. The summed E-state index contributed by atoms with van der Waals surface area (Å²) < 4.78 is 15.0. The lowest BCUT2D eigenvalue weighted by atomic mass is 10.1. The summed E-state index contributed by atoms with van der Waals surface area (Å²) >= 11 is 0. The van der Waals surface area contributed by atoms with Gasteiger partial charge in [0.1, 0.15) is 11.5 Å². The standard InChI is InChI=1S/C22H18FN3O/c1-14-5-6-17(20-13-26-11-3-4-15(2)21(26)24-20)12-19(14)25-22(27)16-7-9-18(23)10-8-16/h3-13H,1-2H3,(H,25,27). The van der Waals surface area contributed by atoms with Gasteiger partial charge in [0.25, 0.3) is 5.91 Å². The molecule has 4 rings (SSSR count). The van der Waals surface area contributed by atoms with Gasteiger partial charge < -0.3 is 9.72 Å². The smallest absolute Gasteiger partial charge is 0.255 e. The van der Waals surface area contributed by atoms with E-state index in [0.717, 1.165) is 28.0 Å². The summed E-state index contributed by atoms with van der Waals surface area (Å²) in [6.07, 6.45) is 3.93. The van der Waals surface area contributed by atoms with E-state index < -0.39 is 0 Å². The van der Waals surface area contributed by atoms with E-state index in [4.69, 9.17) is 4.98 Å². The molecule has 2 aromatic heterocycles. The fourth-order valence-corrected chi connectivity index (χ4v) is 3.00. The summed E-state index contributed by atoms with van der Waals surface area (Å²) in [4.78, 5) is 17.2. The van der Waals surface area contributed by atoms with Crippen LogP contribution in [0.2, 0.25) is 0 Å². The predicted molar refractivity (Wildman–Crippen MR) is 104 cm³/mol. The van der Waals surface area contributed by atoms with Crippen LogP contribution in [0.1, 0.15) is 21.5 Å². The van der Waals surface area contributed by atoms with Gasteiger partial charge >= 0.3 is 0 Å². The highest BCUT2D eigenvalue weighted by Crippen LogP contribution is 2.26. The summed E-state index contributed by atoms with van der Waals surface area (Å²) in [6.45, 7) is 3.95. The largest absolute Gasteiger partial charge is 0.322 e. The number of benzene rings is 2. The van der Waals surface area contributed by atoms with Gasteiger partial charge in [-0.25, -0.2) is 9.37 Å². The Morgan fingerprint density at radius 2 is 1.81 bits per heavy atom. The van der Waals surface area contributed by atoms with Gasteiger partial charge in [-0.3, -0.25) is 4.79 Å². The number of carbonyl (C=O) groups is 1. The molecule has 0 fully saturated rings. The fraction of sp³-hybridized carbons (Fsp3) is 0.0909. The van der Waals surface area contributed by atoms with Gasteiger partial charge in [0, 0.05) is 29.2 Å². The molecule has 0 radical (unpaired) electrons. The van der Waals surface area contributed by atoms with E-state index in [1.807, 2.05) is 61.0 Å². The maximum atomic E-state index is 13.1. The minimum atomic E-state index is -0.369. The number of hydrogen-bond donors (Lipinski definition) is 1. The Hall–Kier alpha value is -3.47. The van der Waals surface area contributed by atoms with E-state index in [1.165, 1.54) is 24.3 Å². The highest BCUT2D eigenvalue weighted by Gasteiger charge is 2.11. The highest BCUT2D eigenvalue weighted by atomic mass is 19.1. The lowest BCUT2D eigenvalue weighted by molar-refractivity contribution is 0.102. The Bertz CT molecular complexity index is 1150. The third-order valence-corrected chi connectivity index (χ3v) is 4.57. The molecule has 0 aliphatic heterocycles. The minimum Gasteiger partial charge on any atom is -0.322 e. The van der Waals surface area contributed by atoms with Gasteiger partial charge in [0.2, 0.25) is 0 Å². The van der Waals surface area contributed by atoms with Gasteiger partial charge in [0.05, 0.1) is 5.69 Å². The van der Waals surface area contributed by atoms with Crippen molar-refractivity contribution in [1.29, 1.82) is 0 Å². The quantitative estimate of drug-likeness (QED) is 0.559. The number of hydrogen-bond acceptors (Lipinski definition) is 2. The Kier molecular flexibility index (Phi) is 4.20. The van der Waals surface area contributed by atoms with E-state index >= 15 is 0 Å². The second-order valence-electron chi connectivity index (χ2n) is 6.54. The zero-order valence-electron chi connectivity index (χ0n) is 15.0. The van der Waals surface area contributed by atoms with Gasteiger partial charge in [-0.2, -0.15) is 0 Å². The van der Waals surface area contributed by atoms with E-state index in [2.05, 4.69) is 5.32 Å². The maximum Gasteiger partial charge on any atom is 0.255 e. The molecule has 0 aliphatic carbocycles. The number of carbonyl (C=O) groups excluding carboxylic acids is 1. The van der Waals surface area contributed by atoms with Crippen LogP contribution < -0.4 is 5.32 Å². The lowest BCUT2D eigenvalue weighted by Crippen LogP contribution is -2.12. The van der Waals surface area contributed by atoms with Crippen LogP contribution in [0.15, 0.2) is 67.0 Å². The number of pyridine rings is 1. The number of fused-ring (bicyclic) bond motifs is 1. The van der Waals surface area contributed by atoms with Crippen LogP contribution in [0.25, 0.3) is 16.9 Å². The lowest BCUT2D eigenvalue weighted by Gasteiger charge is -2.10. The molecular formula is C22H18FN3O. The van der Waals surface area contributed by atoms with Crippen molar-refractivity contribution in [2.45, 2.75) is 13.8 Å². The number of anilines is 1. The predicted octanol–water partition coefficient (Wildman–Crippen LogP) is 5.01. The molecule has 0 saturated carbocycles. The summed E-state index contributed by atoms with van der Waals surface area (Å²) in [5, 5.41) is 2.91. The highest BCUT2D eigenvalue weighted by molar-refractivity contribution is 6.04. The Morgan fingerprint density at radius 1 is 1.04 bits per heavy atom. The van der Waals surface area contributed by atoms with E-state index in [9.17, 15) is 9.18 Å². The first-order valence-electron chi connectivity index (χ1n) is 8.63. The van der Waals surface area contributed by atoms with Crippen LogP contribution in [0.5, 0.6) is 0 Å². The zero-order valence-corrected chi connectivity index (χ0v) is 15.0. The van der Waals surface area contributed by atoms with Gasteiger partial charge in [0.15, 0.2) is 0 Å². The fourth-order valence-electron chi connectivity index (χ4n) is 3.00. The van der Waals surface area contributed by atoms with Crippen molar-refractivity contribution in [2.75, 3.05) is 5.32 Å². The second-order valence-corrected chi connectivity index (χ2v) is 6.54. The molecular weight excluding hydrogens is 341 g/mol. The molecule has 1 N–H and O–H groups in total. The molecule has 4 nitrogen and oxygen atoms in total. The number of aryl methyl sites for hydroxylation is 2. The van der Waals surface area contributed by atoms with Crippen molar-refractivity contribution in [3.8, 4) is 11.3 Å². The van der Waals surface area contributed by atoms with Gasteiger partial charge in [-0.05, 0) is 61.4 Å². The van der Waals surface area contributed by atoms with Crippen LogP contribution in [-0.2, 0) is 0 Å². The number of amides is 1. The topological polar surface area (TPSA) is 46.4 Å². The van der Waals surface area contributed by atoms with Crippen LogP contribution in [0.3, 0.4) is 0 Å². The monoisotopic (exact) mass is 359 g/mol. The molecule has 134 valence electrons. The summed E-state index contributed by atoms with van der Waals surface area (Å²) in [7, 11) is 0. The van der Waals surface area contributed by atoms with Gasteiger partial charge in [-0.15, -0.1) is 0 Å². The Labute approximate surface area is 156 Å². The molecule has 27 heavy (non-hydrogen) atoms. The normalized spacial score (nSPS) is 10.9. The molecule has 0 bridgehead atoms. The van der Waals surface area contributed by atoms with E-state index in [-0.39, 0.29) is 11.7 Å². The summed E-state index contributed by atoms with van der Waals surface area (Å²) in [6, 6.07) is 15.3. The molecule has 0 atom stereocenters. The third kappa shape index (κ3) is 3.31. The SMILES string of the molecule is Cc1ccc(-c2cn3cccc(C)c3n2)cc1NC(=O)c1ccc(F)cc1. The average Bonchev–Trinajstić information content (AvgIpc) is 3.10. The molecule has 2 heterocycles. The van der Waals surface area contributed by atoms with Crippen LogP contribution >= 0.6 is 0 Å². The first-order chi connectivity index (χ1) is 13.0. The molecule has 5 heteroatoms. The number of halogens is 1.